The number of benzene rings is 2. The Bertz CT molecular complexity index is 868. The van der Waals surface area contributed by atoms with Crippen molar-refractivity contribution < 1.29 is 13.2 Å². The maximum Gasteiger partial charge on any atom is 0.244 e. The molecule has 0 spiro atoms. The molecule has 0 aromatic heterocycles. The number of hydrogen-bond acceptors (Lipinski definition) is 4. The molecule has 0 saturated carbocycles. The third-order valence-electron chi connectivity index (χ3n) is 4.28. The van der Waals surface area contributed by atoms with Crippen LogP contribution in [-0.4, -0.2) is 46.2 Å². The van der Waals surface area contributed by atoms with Gasteiger partial charge in [-0.2, -0.15) is 0 Å². The average Bonchev–Trinajstić information content (AvgIpc) is 2.61. The van der Waals surface area contributed by atoms with Crippen LogP contribution in [-0.2, 0) is 14.8 Å². The van der Waals surface area contributed by atoms with Crippen molar-refractivity contribution in [3.05, 3.63) is 62.5 Å². The fourth-order valence-corrected chi connectivity index (χ4v) is 6.12. The van der Waals surface area contributed by atoms with Crippen molar-refractivity contribution in [1.29, 1.82) is 0 Å². The van der Waals surface area contributed by atoms with Gasteiger partial charge in [-0.25, -0.2) is 13.1 Å². The molecular weight excluding hydrogens is 475 g/mol. The molecular formula is C18H19BrCl2N2O3S. The molecule has 1 aliphatic rings. The first-order chi connectivity index (χ1) is 12.9. The van der Waals surface area contributed by atoms with Gasteiger partial charge in [0.25, 0.3) is 0 Å². The van der Waals surface area contributed by atoms with Gasteiger partial charge in [0.15, 0.2) is 0 Å². The summed E-state index contributed by atoms with van der Waals surface area (Å²) < 4.78 is 34.9. The van der Waals surface area contributed by atoms with Crippen molar-refractivity contribution in [2.75, 3.05) is 32.8 Å². The summed E-state index contributed by atoms with van der Waals surface area (Å²) in [4.78, 5) is 2.06. The van der Waals surface area contributed by atoms with Crippen LogP contribution < -0.4 is 4.72 Å². The minimum Gasteiger partial charge on any atom is -0.379 e. The molecule has 2 aromatic rings. The smallest absolute Gasteiger partial charge is 0.244 e. The predicted molar refractivity (Wildman–Crippen MR) is 111 cm³/mol. The summed E-state index contributed by atoms with van der Waals surface area (Å²) in [7, 11) is -3.93. The molecule has 1 aliphatic heterocycles. The second-order valence-corrected chi connectivity index (χ2v) is 9.58. The predicted octanol–water partition coefficient (Wildman–Crippen LogP) is 4.11. The Balaban J connectivity index is 1.91. The van der Waals surface area contributed by atoms with Gasteiger partial charge in [0.1, 0.15) is 4.90 Å². The molecule has 1 heterocycles. The van der Waals surface area contributed by atoms with Crippen LogP contribution in [0.15, 0.2) is 51.8 Å². The molecule has 3 rings (SSSR count). The quantitative estimate of drug-likeness (QED) is 0.657. The summed E-state index contributed by atoms with van der Waals surface area (Å²) in [5.74, 6) is 0. The lowest BCUT2D eigenvalue weighted by atomic mass is 10.1. The average molecular weight is 494 g/mol. The SMILES string of the molecule is O=S(=O)(NC(CN1CCOCC1)c1ccccc1)c1c(Cl)cc(Br)cc1Cl. The van der Waals surface area contributed by atoms with Gasteiger partial charge in [0.2, 0.25) is 10.0 Å². The second-order valence-electron chi connectivity index (χ2n) is 6.20. The zero-order valence-corrected chi connectivity index (χ0v) is 18.3. The number of morpholine rings is 1. The van der Waals surface area contributed by atoms with Crippen LogP contribution in [0.1, 0.15) is 11.6 Å². The summed E-state index contributed by atoms with van der Waals surface area (Å²) in [5.41, 5.74) is 0.872. The molecule has 2 aromatic carbocycles. The fraction of sp³-hybridized carbons (Fsp3) is 0.333. The lowest BCUT2D eigenvalue weighted by molar-refractivity contribution is 0.0345. The standard InChI is InChI=1S/C18H19BrCl2N2O3S/c19-14-10-15(20)18(16(21)11-14)27(24,25)22-17(13-4-2-1-3-5-13)12-23-6-8-26-9-7-23/h1-5,10-11,17,22H,6-9,12H2. The van der Waals surface area contributed by atoms with E-state index in [1.54, 1.807) is 0 Å². The minimum atomic E-state index is -3.93. The first kappa shape index (κ1) is 21.0. The lowest BCUT2D eigenvalue weighted by Gasteiger charge is -2.31. The van der Waals surface area contributed by atoms with Crippen molar-refractivity contribution in [1.82, 2.24) is 9.62 Å². The molecule has 1 N–H and O–H groups in total. The molecule has 1 unspecified atom stereocenters. The summed E-state index contributed by atoms with van der Waals surface area (Å²) in [6.45, 7) is 3.31. The Morgan fingerprint density at radius 2 is 1.70 bits per heavy atom. The molecule has 1 fully saturated rings. The largest absolute Gasteiger partial charge is 0.379 e. The number of nitrogens with zero attached hydrogens (tertiary/aromatic N) is 1. The van der Waals surface area contributed by atoms with Gasteiger partial charge in [-0.05, 0) is 17.7 Å². The first-order valence-corrected chi connectivity index (χ1v) is 11.4. The summed E-state index contributed by atoms with van der Waals surface area (Å²) in [6.07, 6.45) is 0. The summed E-state index contributed by atoms with van der Waals surface area (Å²) >= 11 is 15.6. The molecule has 0 amide bonds. The topological polar surface area (TPSA) is 58.6 Å². The third kappa shape index (κ3) is 5.44. The van der Waals surface area contributed by atoms with Gasteiger partial charge in [0.05, 0.1) is 29.3 Å². The summed E-state index contributed by atoms with van der Waals surface area (Å²) in [5, 5.41) is 0.139. The van der Waals surface area contributed by atoms with Crippen LogP contribution in [0, 0.1) is 0 Å². The molecule has 0 radical (unpaired) electrons. The van der Waals surface area contributed by atoms with Gasteiger partial charge in [-0.15, -0.1) is 0 Å². The zero-order valence-electron chi connectivity index (χ0n) is 14.4. The number of sulfonamides is 1. The van der Waals surface area contributed by atoms with E-state index in [0.717, 1.165) is 18.7 Å². The highest BCUT2D eigenvalue weighted by Crippen LogP contribution is 2.33. The van der Waals surface area contributed by atoms with Gasteiger partial charge >= 0.3 is 0 Å². The van der Waals surface area contributed by atoms with Crippen molar-refractivity contribution in [3.63, 3.8) is 0 Å². The van der Waals surface area contributed by atoms with Gasteiger partial charge in [-0.3, -0.25) is 4.90 Å². The lowest BCUT2D eigenvalue weighted by Crippen LogP contribution is -2.43. The fourth-order valence-electron chi connectivity index (χ4n) is 2.97. The van der Waals surface area contributed by atoms with Crippen molar-refractivity contribution in [2.24, 2.45) is 0 Å². The van der Waals surface area contributed by atoms with Crippen LogP contribution in [0.25, 0.3) is 0 Å². The van der Waals surface area contributed by atoms with Crippen molar-refractivity contribution >= 4 is 49.2 Å². The van der Waals surface area contributed by atoms with Gasteiger partial charge in [-0.1, -0.05) is 69.5 Å². The maximum absolute atomic E-state index is 13.1. The van der Waals surface area contributed by atoms with Crippen molar-refractivity contribution in [2.45, 2.75) is 10.9 Å². The highest BCUT2D eigenvalue weighted by atomic mass is 79.9. The molecule has 1 atom stereocenters. The molecule has 1 saturated heterocycles. The molecule has 0 bridgehead atoms. The Labute approximate surface area is 177 Å². The van der Waals surface area contributed by atoms with E-state index in [0.29, 0.717) is 24.2 Å². The number of hydrogen-bond donors (Lipinski definition) is 1. The molecule has 5 nitrogen and oxygen atoms in total. The number of ether oxygens (including phenoxy) is 1. The van der Waals surface area contributed by atoms with Crippen LogP contribution in [0.5, 0.6) is 0 Å². The Kier molecular flexibility index (Phi) is 7.19. The first-order valence-electron chi connectivity index (χ1n) is 8.39. The normalized spacial score (nSPS) is 17.0. The van der Waals surface area contributed by atoms with E-state index in [2.05, 4.69) is 25.6 Å². The Morgan fingerprint density at radius 3 is 2.30 bits per heavy atom. The van der Waals surface area contributed by atoms with E-state index < -0.39 is 16.1 Å². The van der Waals surface area contributed by atoms with E-state index in [4.69, 9.17) is 27.9 Å². The highest BCUT2D eigenvalue weighted by molar-refractivity contribution is 9.10. The highest BCUT2D eigenvalue weighted by Gasteiger charge is 2.28. The van der Waals surface area contributed by atoms with Crippen molar-refractivity contribution in [3.8, 4) is 0 Å². The molecule has 146 valence electrons. The van der Waals surface area contributed by atoms with Crippen LogP contribution in [0.3, 0.4) is 0 Å². The minimum absolute atomic E-state index is 0.0695. The van der Waals surface area contributed by atoms with Crippen LogP contribution in [0.2, 0.25) is 10.0 Å². The second kappa shape index (κ2) is 9.22. The van der Waals surface area contributed by atoms with E-state index in [1.807, 2.05) is 30.3 Å². The number of halogens is 3. The molecule has 27 heavy (non-hydrogen) atoms. The number of nitrogens with one attached hydrogen (secondary N) is 1. The van der Waals surface area contributed by atoms with E-state index in [9.17, 15) is 8.42 Å². The van der Waals surface area contributed by atoms with E-state index in [-0.39, 0.29) is 14.9 Å². The monoisotopic (exact) mass is 492 g/mol. The number of rotatable bonds is 6. The van der Waals surface area contributed by atoms with E-state index in [1.165, 1.54) is 12.1 Å². The molecule has 9 heteroatoms. The Morgan fingerprint density at radius 1 is 1.11 bits per heavy atom. The van der Waals surface area contributed by atoms with Crippen LogP contribution >= 0.6 is 39.1 Å². The maximum atomic E-state index is 13.1. The molecule has 0 aliphatic carbocycles. The van der Waals surface area contributed by atoms with Gasteiger partial charge in [0, 0.05) is 24.1 Å². The van der Waals surface area contributed by atoms with Crippen LogP contribution in [0.4, 0.5) is 0 Å². The Hall–Kier alpha value is -0.670. The van der Waals surface area contributed by atoms with E-state index >= 15 is 0 Å². The zero-order chi connectivity index (χ0) is 19.4. The van der Waals surface area contributed by atoms with Gasteiger partial charge < -0.3 is 4.74 Å². The summed E-state index contributed by atoms with van der Waals surface area (Å²) in [6, 6.07) is 12.1. The third-order valence-corrected chi connectivity index (χ3v) is 7.13.